The Bertz CT molecular complexity index is 838. The molecule has 0 fully saturated rings. The number of benzene rings is 1. The number of halogens is 1. The largest absolute Gasteiger partial charge is 0.332 e. The summed E-state index contributed by atoms with van der Waals surface area (Å²) >= 11 is 2.39. The Hall–Kier alpha value is -2.37. The van der Waals surface area contributed by atoms with Crippen molar-refractivity contribution in [2.45, 2.75) is 6.04 Å². The zero-order valence-electron chi connectivity index (χ0n) is 10.4. The van der Waals surface area contributed by atoms with Gasteiger partial charge < -0.3 is 5.32 Å². The van der Waals surface area contributed by atoms with E-state index in [9.17, 15) is 9.18 Å². The molecule has 0 bridgehead atoms. The lowest BCUT2D eigenvalue weighted by atomic mass is 10.1. The highest BCUT2D eigenvalue weighted by Crippen LogP contribution is 2.24. The minimum Gasteiger partial charge on any atom is -0.332 e. The van der Waals surface area contributed by atoms with E-state index in [1.807, 2.05) is 11.4 Å². The molecule has 0 spiro atoms. The minimum atomic E-state index is -0.746. The van der Waals surface area contributed by atoms with E-state index < -0.39 is 17.8 Å². The van der Waals surface area contributed by atoms with E-state index in [2.05, 4.69) is 14.9 Å². The number of carbonyl (C=O) groups is 1. The van der Waals surface area contributed by atoms with Gasteiger partial charge >= 0.3 is 0 Å². The predicted molar refractivity (Wildman–Crippen MR) is 77.5 cm³/mol. The first kappa shape index (κ1) is 13.6. The second kappa shape index (κ2) is 5.55. The summed E-state index contributed by atoms with van der Waals surface area (Å²) in [4.78, 5) is 12.3. The van der Waals surface area contributed by atoms with E-state index in [1.165, 1.54) is 23.5 Å². The summed E-state index contributed by atoms with van der Waals surface area (Å²) < 4.78 is 17.6. The van der Waals surface area contributed by atoms with E-state index >= 15 is 0 Å². The topological polar surface area (TPSA) is 78.7 Å². The quantitative estimate of drug-likeness (QED) is 0.805. The molecule has 1 unspecified atom stereocenters. The summed E-state index contributed by atoms with van der Waals surface area (Å²) in [5.41, 5.74) is 1.05. The molecule has 3 aromatic rings. The zero-order chi connectivity index (χ0) is 14.8. The monoisotopic (exact) mass is 318 g/mol. The van der Waals surface area contributed by atoms with Crippen LogP contribution >= 0.6 is 22.9 Å². The van der Waals surface area contributed by atoms with Crippen molar-refractivity contribution < 1.29 is 9.18 Å². The molecule has 2 aromatic heterocycles. The molecule has 104 valence electrons. The normalized spacial score (nSPS) is 12.0. The van der Waals surface area contributed by atoms with Crippen molar-refractivity contribution in [3.8, 4) is 6.07 Å². The van der Waals surface area contributed by atoms with Crippen LogP contribution in [0.1, 0.15) is 22.0 Å². The number of rotatable bonds is 3. The summed E-state index contributed by atoms with van der Waals surface area (Å²) in [5.74, 6) is -0.978. The summed E-state index contributed by atoms with van der Waals surface area (Å²) in [5, 5.41) is 19.1. The van der Waals surface area contributed by atoms with Crippen LogP contribution in [0.5, 0.6) is 0 Å². The van der Waals surface area contributed by atoms with Gasteiger partial charge in [0.15, 0.2) is 5.82 Å². The standard InChI is InChI=1S/C13H7FN4OS2/c14-9-2-1-8(12-11(9)17-18-21-12)13(19)16-10(5-15)7-3-4-20-6-7/h1-4,6,10H,(H,16,19). The maximum atomic E-state index is 13.5. The predicted octanol–water partition coefficient (Wildman–Crippen LogP) is 2.89. The number of fused-ring (bicyclic) bond motifs is 1. The Morgan fingerprint density at radius 2 is 2.29 bits per heavy atom. The molecule has 0 saturated carbocycles. The number of aromatic nitrogens is 2. The van der Waals surface area contributed by atoms with Crippen LogP contribution in [-0.4, -0.2) is 15.5 Å². The number of amides is 1. The first-order valence-electron chi connectivity index (χ1n) is 5.84. The van der Waals surface area contributed by atoms with Crippen molar-refractivity contribution in [2.75, 3.05) is 0 Å². The molecule has 0 aliphatic carbocycles. The Labute approximate surface area is 126 Å². The lowest BCUT2D eigenvalue weighted by Crippen LogP contribution is -2.27. The van der Waals surface area contributed by atoms with E-state index in [4.69, 9.17) is 5.26 Å². The molecule has 21 heavy (non-hydrogen) atoms. The molecule has 1 atom stereocenters. The van der Waals surface area contributed by atoms with Gasteiger partial charge in [0.05, 0.1) is 16.3 Å². The van der Waals surface area contributed by atoms with Crippen LogP contribution < -0.4 is 5.32 Å². The fourth-order valence-electron chi connectivity index (χ4n) is 1.85. The van der Waals surface area contributed by atoms with E-state index in [0.717, 1.165) is 17.1 Å². The smallest absolute Gasteiger partial charge is 0.254 e. The summed E-state index contributed by atoms with van der Waals surface area (Å²) in [6.45, 7) is 0. The van der Waals surface area contributed by atoms with Gasteiger partial charge in [0.2, 0.25) is 0 Å². The number of carbonyl (C=O) groups excluding carboxylic acids is 1. The van der Waals surface area contributed by atoms with Crippen molar-refractivity contribution in [1.29, 1.82) is 5.26 Å². The Morgan fingerprint density at radius 1 is 1.43 bits per heavy atom. The van der Waals surface area contributed by atoms with Crippen molar-refractivity contribution in [3.63, 3.8) is 0 Å². The van der Waals surface area contributed by atoms with Gasteiger partial charge in [-0.1, -0.05) is 4.49 Å². The second-order valence-electron chi connectivity index (χ2n) is 4.14. The lowest BCUT2D eigenvalue weighted by Gasteiger charge is -2.10. The summed E-state index contributed by atoms with van der Waals surface area (Å²) in [6.07, 6.45) is 0. The van der Waals surface area contributed by atoms with Crippen LogP contribution in [0.3, 0.4) is 0 Å². The number of hydrogen-bond donors (Lipinski definition) is 1. The summed E-state index contributed by atoms with van der Waals surface area (Å²) in [6, 6.07) is 5.60. The van der Waals surface area contributed by atoms with Gasteiger partial charge in [0, 0.05) is 0 Å². The SMILES string of the molecule is N#CC(NC(=O)c1ccc(F)c2nnsc12)c1ccsc1. The van der Waals surface area contributed by atoms with Crippen LogP contribution in [0.4, 0.5) is 4.39 Å². The zero-order valence-corrected chi connectivity index (χ0v) is 12.0. The first-order valence-corrected chi connectivity index (χ1v) is 7.55. The van der Waals surface area contributed by atoms with Gasteiger partial charge in [-0.25, -0.2) is 4.39 Å². The van der Waals surface area contributed by atoms with Crippen LogP contribution in [0, 0.1) is 17.1 Å². The molecule has 0 saturated heterocycles. The average Bonchev–Trinajstić information content (AvgIpc) is 3.16. The molecule has 0 aliphatic rings. The highest BCUT2D eigenvalue weighted by molar-refractivity contribution is 7.13. The Kier molecular flexibility index (Phi) is 3.60. The van der Waals surface area contributed by atoms with E-state index in [0.29, 0.717) is 4.70 Å². The Morgan fingerprint density at radius 3 is 3.00 bits per heavy atom. The Balaban J connectivity index is 1.93. The molecule has 2 heterocycles. The molecule has 0 radical (unpaired) electrons. The number of nitrogens with zero attached hydrogens (tertiary/aromatic N) is 3. The van der Waals surface area contributed by atoms with Gasteiger partial charge in [0.25, 0.3) is 5.91 Å². The molecular weight excluding hydrogens is 311 g/mol. The van der Waals surface area contributed by atoms with E-state index in [-0.39, 0.29) is 11.1 Å². The fraction of sp³-hybridized carbons (Fsp3) is 0.0769. The van der Waals surface area contributed by atoms with Crippen LogP contribution in [-0.2, 0) is 0 Å². The van der Waals surface area contributed by atoms with Crippen LogP contribution in [0.2, 0.25) is 0 Å². The van der Waals surface area contributed by atoms with E-state index in [1.54, 1.807) is 11.4 Å². The molecule has 1 amide bonds. The van der Waals surface area contributed by atoms with Gasteiger partial charge in [-0.15, -0.1) is 5.10 Å². The molecule has 3 rings (SSSR count). The summed E-state index contributed by atoms with van der Waals surface area (Å²) in [7, 11) is 0. The van der Waals surface area contributed by atoms with Crippen molar-refractivity contribution >= 4 is 39.0 Å². The van der Waals surface area contributed by atoms with Crippen LogP contribution in [0.15, 0.2) is 29.0 Å². The number of hydrogen-bond acceptors (Lipinski definition) is 6. The third-order valence-electron chi connectivity index (χ3n) is 2.88. The minimum absolute atomic E-state index is 0.0664. The lowest BCUT2D eigenvalue weighted by molar-refractivity contribution is 0.0947. The van der Waals surface area contributed by atoms with Gasteiger partial charge in [0.1, 0.15) is 11.6 Å². The van der Waals surface area contributed by atoms with Crippen molar-refractivity contribution in [2.24, 2.45) is 0 Å². The fourth-order valence-corrected chi connectivity index (χ4v) is 3.23. The van der Waals surface area contributed by atoms with Crippen molar-refractivity contribution in [3.05, 3.63) is 45.9 Å². The molecule has 8 heteroatoms. The average molecular weight is 318 g/mol. The molecule has 1 aromatic carbocycles. The number of nitrogens with one attached hydrogen (secondary N) is 1. The molecular formula is C13H7FN4OS2. The van der Waals surface area contributed by atoms with Gasteiger partial charge in [-0.05, 0) is 46.1 Å². The third kappa shape index (κ3) is 2.49. The highest BCUT2D eigenvalue weighted by Gasteiger charge is 2.19. The maximum Gasteiger partial charge on any atom is 0.254 e. The van der Waals surface area contributed by atoms with Gasteiger partial charge in [-0.2, -0.15) is 16.6 Å². The number of nitriles is 1. The molecule has 0 aliphatic heterocycles. The maximum absolute atomic E-state index is 13.5. The second-order valence-corrected chi connectivity index (χ2v) is 5.67. The molecule has 1 N–H and O–H groups in total. The first-order chi connectivity index (χ1) is 10.2. The molecule has 5 nitrogen and oxygen atoms in total. The van der Waals surface area contributed by atoms with Crippen molar-refractivity contribution in [1.82, 2.24) is 14.9 Å². The highest BCUT2D eigenvalue weighted by atomic mass is 32.1. The number of thiophene rings is 1. The third-order valence-corrected chi connectivity index (χ3v) is 4.34. The van der Waals surface area contributed by atoms with Crippen LogP contribution in [0.25, 0.3) is 10.2 Å². The van der Waals surface area contributed by atoms with Gasteiger partial charge in [-0.3, -0.25) is 4.79 Å².